The molecule has 0 unspecified atom stereocenters. The molecule has 0 aliphatic heterocycles. The van der Waals surface area contributed by atoms with E-state index in [4.69, 9.17) is 5.73 Å². The topological polar surface area (TPSA) is 134 Å². The van der Waals surface area contributed by atoms with Crippen LogP contribution in [0.4, 0.5) is 18.9 Å². The number of nitrogens with one attached hydrogen (secondary N) is 3. The summed E-state index contributed by atoms with van der Waals surface area (Å²) in [5.41, 5.74) is 6.80. The summed E-state index contributed by atoms with van der Waals surface area (Å²) < 4.78 is 40.5. The number of nitrogens with two attached hydrogens (primary N) is 1. The number of anilines is 1. The summed E-state index contributed by atoms with van der Waals surface area (Å²) in [5.74, 6) is -0.741. The highest BCUT2D eigenvalue weighted by Gasteiger charge is 2.34. The van der Waals surface area contributed by atoms with Gasteiger partial charge in [0.25, 0.3) is 5.56 Å². The van der Waals surface area contributed by atoms with E-state index >= 15 is 0 Å². The smallest absolute Gasteiger partial charge is 0.330 e. The fourth-order valence-electron chi connectivity index (χ4n) is 5.72. The van der Waals surface area contributed by atoms with Crippen molar-refractivity contribution in [1.29, 1.82) is 0 Å². The first-order valence-electron chi connectivity index (χ1n) is 14.0. The SMILES string of the molecule is NCC1CCC(C(=O)C[C@@H](Cc2ccc(-c3ccncc3C(F)(F)F)cc2)C(=O)Nc2ccc3c(=O)[nH][nH]c3c2)CC1. The van der Waals surface area contributed by atoms with E-state index in [1.807, 2.05) is 0 Å². The number of amides is 1. The van der Waals surface area contributed by atoms with E-state index in [0.29, 0.717) is 40.2 Å². The van der Waals surface area contributed by atoms with E-state index in [-0.39, 0.29) is 41.6 Å². The summed E-state index contributed by atoms with van der Waals surface area (Å²) in [6.45, 7) is 0.600. The molecule has 42 heavy (non-hydrogen) atoms. The molecule has 220 valence electrons. The van der Waals surface area contributed by atoms with Gasteiger partial charge in [-0.2, -0.15) is 13.2 Å². The molecule has 1 amide bonds. The predicted octanol–water partition coefficient (Wildman–Crippen LogP) is 5.46. The minimum atomic E-state index is -4.55. The van der Waals surface area contributed by atoms with Crippen LogP contribution in [0.3, 0.4) is 0 Å². The summed E-state index contributed by atoms with van der Waals surface area (Å²) >= 11 is 0. The Morgan fingerprint density at radius 2 is 1.76 bits per heavy atom. The van der Waals surface area contributed by atoms with Crippen LogP contribution < -0.4 is 16.6 Å². The molecule has 2 heterocycles. The molecule has 5 rings (SSSR count). The van der Waals surface area contributed by atoms with Gasteiger partial charge in [-0.05, 0) is 85.5 Å². The molecule has 1 atom stereocenters. The number of aromatic amines is 2. The Morgan fingerprint density at radius 1 is 1.02 bits per heavy atom. The second-order valence-corrected chi connectivity index (χ2v) is 11.0. The third-order valence-corrected chi connectivity index (χ3v) is 8.17. The molecule has 0 saturated heterocycles. The highest BCUT2D eigenvalue weighted by molar-refractivity contribution is 5.97. The van der Waals surface area contributed by atoms with Crippen LogP contribution in [0.5, 0.6) is 0 Å². The molecule has 0 bridgehead atoms. The maximum absolute atomic E-state index is 13.5. The number of hydrogen-bond acceptors (Lipinski definition) is 5. The fourth-order valence-corrected chi connectivity index (χ4v) is 5.72. The number of aromatic nitrogens is 3. The van der Waals surface area contributed by atoms with Crippen LogP contribution >= 0.6 is 0 Å². The zero-order valence-corrected chi connectivity index (χ0v) is 22.8. The van der Waals surface area contributed by atoms with Crippen LogP contribution in [-0.4, -0.2) is 33.4 Å². The van der Waals surface area contributed by atoms with Crippen molar-refractivity contribution in [2.24, 2.45) is 23.5 Å². The van der Waals surface area contributed by atoms with Gasteiger partial charge in [-0.15, -0.1) is 0 Å². The second kappa shape index (κ2) is 12.3. The molecule has 5 N–H and O–H groups in total. The molecule has 2 aromatic heterocycles. The van der Waals surface area contributed by atoms with E-state index in [9.17, 15) is 27.6 Å². The monoisotopic (exact) mass is 579 g/mol. The third-order valence-electron chi connectivity index (χ3n) is 8.17. The van der Waals surface area contributed by atoms with E-state index in [1.165, 1.54) is 12.3 Å². The molecule has 2 aromatic carbocycles. The first-order valence-corrected chi connectivity index (χ1v) is 14.0. The second-order valence-electron chi connectivity index (χ2n) is 11.0. The number of nitrogens with zero attached hydrogens (tertiary/aromatic N) is 1. The van der Waals surface area contributed by atoms with Crippen LogP contribution in [0.1, 0.15) is 43.2 Å². The normalized spacial score (nSPS) is 18.1. The van der Waals surface area contributed by atoms with Crippen molar-refractivity contribution in [2.45, 2.75) is 44.7 Å². The number of H-pyrrole nitrogens is 2. The number of ketones is 1. The number of rotatable bonds is 9. The van der Waals surface area contributed by atoms with Gasteiger partial charge in [-0.25, -0.2) is 0 Å². The quantitative estimate of drug-likeness (QED) is 0.209. The van der Waals surface area contributed by atoms with E-state index in [2.05, 4.69) is 20.5 Å². The van der Waals surface area contributed by atoms with Crippen molar-refractivity contribution in [2.75, 3.05) is 11.9 Å². The number of fused-ring (bicyclic) bond motifs is 1. The van der Waals surface area contributed by atoms with Crippen molar-refractivity contribution >= 4 is 28.3 Å². The molecule has 4 aromatic rings. The van der Waals surface area contributed by atoms with Gasteiger partial charge in [0.2, 0.25) is 5.91 Å². The lowest BCUT2D eigenvalue weighted by molar-refractivity contribution is -0.137. The predicted molar refractivity (Wildman–Crippen MR) is 154 cm³/mol. The Labute approximate surface area is 239 Å². The Kier molecular flexibility index (Phi) is 8.58. The number of hydrogen-bond donors (Lipinski definition) is 4. The molecule has 11 heteroatoms. The zero-order chi connectivity index (χ0) is 29.9. The Morgan fingerprint density at radius 3 is 2.45 bits per heavy atom. The maximum atomic E-state index is 13.5. The number of Topliss-reactive ketones (excluding diaryl/α,β-unsaturated/α-hetero) is 1. The van der Waals surface area contributed by atoms with Crippen LogP contribution in [0, 0.1) is 17.8 Å². The van der Waals surface area contributed by atoms with Crippen molar-refractivity contribution in [1.82, 2.24) is 15.2 Å². The number of halogens is 3. The van der Waals surface area contributed by atoms with Gasteiger partial charge >= 0.3 is 6.18 Å². The zero-order valence-electron chi connectivity index (χ0n) is 22.8. The molecular weight excluding hydrogens is 547 g/mol. The van der Waals surface area contributed by atoms with Gasteiger partial charge in [-0.3, -0.25) is 29.6 Å². The molecule has 1 aliphatic carbocycles. The van der Waals surface area contributed by atoms with Crippen molar-refractivity contribution < 1.29 is 22.8 Å². The molecular formula is C31H32F3N5O3. The number of alkyl halides is 3. The van der Waals surface area contributed by atoms with Gasteiger partial charge in [-0.1, -0.05) is 24.3 Å². The third kappa shape index (κ3) is 6.62. The van der Waals surface area contributed by atoms with Crippen LogP contribution in [-0.2, 0) is 22.2 Å². The van der Waals surface area contributed by atoms with Crippen LogP contribution in [0.2, 0.25) is 0 Å². The molecule has 8 nitrogen and oxygen atoms in total. The minimum absolute atomic E-state index is 0.0137. The van der Waals surface area contributed by atoms with E-state index < -0.39 is 17.7 Å². The van der Waals surface area contributed by atoms with E-state index in [1.54, 1.807) is 42.5 Å². The summed E-state index contributed by atoms with van der Waals surface area (Å²) in [6, 6.07) is 12.7. The van der Waals surface area contributed by atoms with Gasteiger partial charge in [0.1, 0.15) is 5.78 Å². The average molecular weight is 580 g/mol. The van der Waals surface area contributed by atoms with Crippen molar-refractivity contribution in [3.63, 3.8) is 0 Å². The lowest BCUT2D eigenvalue weighted by atomic mass is 9.77. The molecule has 1 aliphatic rings. The standard InChI is InChI=1S/C31H32F3N5O3/c32-31(33,34)26-17-36-12-11-24(26)20-5-1-18(2-6-20)13-22(14-28(40)21-7-3-19(16-35)4-8-21)29(41)37-23-9-10-25-27(15-23)38-39-30(25)42/h1-2,5-6,9-12,15,17,19,21-22H,3-4,7-8,13-14,16,35H2,(H,37,41)(H2,38,39,42)/t19?,21?,22-/m1/s1. The molecule has 0 spiro atoms. The fraction of sp³-hybridized carbons (Fsp3) is 0.355. The summed E-state index contributed by atoms with van der Waals surface area (Å²) in [4.78, 5) is 42.3. The van der Waals surface area contributed by atoms with Gasteiger partial charge in [0, 0.05) is 36.3 Å². The molecule has 1 saturated carbocycles. The summed E-state index contributed by atoms with van der Waals surface area (Å²) in [5, 5.41) is 8.59. The Bertz CT molecular complexity index is 1620. The summed E-state index contributed by atoms with van der Waals surface area (Å²) in [7, 11) is 0. The summed E-state index contributed by atoms with van der Waals surface area (Å²) in [6.07, 6.45) is 1.08. The lowest BCUT2D eigenvalue weighted by Gasteiger charge is -2.27. The first kappa shape index (κ1) is 29.2. The lowest BCUT2D eigenvalue weighted by Crippen LogP contribution is -2.31. The number of benzene rings is 2. The number of carbonyl (C=O) groups is 2. The van der Waals surface area contributed by atoms with Gasteiger partial charge in [0.05, 0.1) is 16.5 Å². The van der Waals surface area contributed by atoms with Crippen molar-refractivity contribution in [3.05, 3.63) is 82.4 Å². The van der Waals surface area contributed by atoms with Gasteiger partial charge < -0.3 is 11.1 Å². The highest BCUT2D eigenvalue weighted by atomic mass is 19.4. The highest BCUT2D eigenvalue weighted by Crippen LogP contribution is 2.37. The minimum Gasteiger partial charge on any atom is -0.330 e. The average Bonchev–Trinajstić information content (AvgIpc) is 3.36. The largest absolute Gasteiger partial charge is 0.418 e. The Hall–Kier alpha value is -4.25. The van der Waals surface area contributed by atoms with Crippen molar-refractivity contribution in [3.8, 4) is 11.1 Å². The molecule has 1 fully saturated rings. The van der Waals surface area contributed by atoms with Crippen LogP contribution in [0.15, 0.2) is 65.7 Å². The first-order chi connectivity index (χ1) is 20.1. The van der Waals surface area contributed by atoms with E-state index in [0.717, 1.165) is 31.9 Å². The number of pyridine rings is 1. The van der Waals surface area contributed by atoms with Crippen LogP contribution in [0.25, 0.3) is 22.0 Å². The number of carbonyl (C=O) groups excluding carboxylic acids is 2. The van der Waals surface area contributed by atoms with Gasteiger partial charge in [0.15, 0.2) is 0 Å². The maximum Gasteiger partial charge on any atom is 0.418 e. The molecule has 0 radical (unpaired) electrons. The Balaban J connectivity index is 1.36.